The second-order valence-electron chi connectivity index (χ2n) is 5.23. The van der Waals surface area contributed by atoms with Crippen LogP contribution in [0.1, 0.15) is 24.8 Å². The zero-order chi connectivity index (χ0) is 15.1. The monoisotopic (exact) mass is 286 g/mol. The lowest BCUT2D eigenvalue weighted by Crippen LogP contribution is -2.48. The minimum atomic E-state index is -0.0129. The summed E-state index contributed by atoms with van der Waals surface area (Å²) in [6.45, 7) is 2.03. The first kappa shape index (κ1) is 15.4. The zero-order valence-corrected chi connectivity index (χ0v) is 12.5. The van der Waals surface area contributed by atoms with E-state index in [9.17, 15) is 4.79 Å². The number of carbonyl (C=O) groups is 1. The lowest BCUT2D eigenvalue weighted by molar-refractivity contribution is -0.127. The van der Waals surface area contributed by atoms with E-state index < -0.39 is 0 Å². The Bertz CT molecular complexity index is 505. The van der Waals surface area contributed by atoms with Gasteiger partial charge in [-0.1, -0.05) is 24.5 Å². The van der Waals surface area contributed by atoms with E-state index in [0.29, 0.717) is 0 Å². The lowest BCUT2D eigenvalue weighted by Gasteiger charge is -2.34. The molecule has 1 amide bonds. The highest BCUT2D eigenvalue weighted by molar-refractivity contribution is 5.81. The molecule has 0 bridgehead atoms. The normalized spacial score (nSPS) is 18.8. The molecular formula is C17H22N2O2. The van der Waals surface area contributed by atoms with Crippen LogP contribution in [-0.2, 0) is 11.3 Å². The highest BCUT2D eigenvalue weighted by Gasteiger charge is 2.27. The Morgan fingerprint density at radius 3 is 2.86 bits per heavy atom. The summed E-state index contributed by atoms with van der Waals surface area (Å²) in [6.07, 6.45) is 8.37. The van der Waals surface area contributed by atoms with E-state index >= 15 is 0 Å². The van der Waals surface area contributed by atoms with Crippen LogP contribution in [0.5, 0.6) is 5.75 Å². The molecule has 1 saturated heterocycles. The summed E-state index contributed by atoms with van der Waals surface area (Å²) in [5, 5.41) is 2.76. The van der Waals surface area contributed by atoms with Crippen LogP contribution in [0.15, 0.2) is 24.3 Å². The molecule has 0 aromatic heterocycles. The molecule has 0 saturated carbocycles. The first-order valence-electron chi connectivity index (χ1n) is 7.35. The van der Waals surface area contributed by atoms with Crippen molar-refractivity contribution in [3.63, 3.8) is 0 Å². The smallest absolute Gasteiger partial charge is 0.237 e. The third kappa shape index (κ3) is 4.24. The molecule has 1 aliphatic rings. The summed E-state index contributed by atoms with van der Waals surface area (Å²) >= 11 is 0. The van der Waals surface area contributed by atoms with Crippen LogP contribution < -0.4 is 10.1 Å². The Hall–Kier alpha value is -1.99. The summed E-state index contributed by atoms with van der Waals surface area (Å²) in [5.74, 6) is 3.34. The van der Waals surface area contributed by atoms with E-state index in [1.807, 2.05) is 24.3 Å². The molecule has 2 rings (SSSR count). The number of benzene rings is 1. The minimum absolute atomic E-state index is 0.0129. The average molecular weight is 286 g/mol. The predicted molar refractivity (Wildman–Crippen MR) is 82.9 cm³/mol. The summed E-state index contributed by atoms with van der Waals surface area (Å²) in [6, 6.07) is 7.89. The fraction of sp³-hybridized carbons (Fsp3) is 0.471. The molecule has 1 N–H and O–H groups in total. The summed E-state index contributed by atoms with van der Waals surface area (Å²) in [7, 11) is 1.70. The molecule has 1 heterocycles. The van der Waals surface area contributed by atoms with Crippen molar-refractivity contribution in [1.82, 2.24) is 10.2 Å². The van der Waals surface area contributed by atoms with Gasteiger partial charge in [0.25, 0.3) is 0 Å². The number of amides is 1. The number of ether oxygens (including phenoxy) is 1. The number of carbonyl (C=O) groups excluding carboxylic acids is 1. The molecule has 21 heavy (non-hydrogen) atoms. The van der Waals surface area contributed by atoms with Gasteiger partial charge in [0.2, 0.25) is 5.91 Å². The van der Waals surface area contributed by atoms with Crippen molar-refractivity contribution >= 4 is 5.91 Å². The standard InChI is InChI=1S/C17H22N2O2/c1-3-12-21-15-9-7-14(8-10-15)13-19-11-5-4-6-16(19)17(20)18-2/h1,7-10,16H,4-6,11-13H2,2H3,(H,18,20)/t16-/m1/s1. The van der Waals surface area contributed by atoms with Crippen molar-refractivity contribution in [1.29, 1.82) is 0 Å². The van der Waals surface area contributed by atoms with Gasteiger partial charge in [0.05, 0.1) is 6.04 Å². The van der Waals surface area contributed by atoms with Crippen LogP contribution in [0.25, 0.3) is 0 Å². The molecule has 4 heteroatoms. The lowest BCUT2D eigenvalue weighted by atomic mass is 10.0. The Balaban J connectivity index is 1.98. The van der Waals surface area contributed by atoms with E-state index in [-0.39, 0.29) is 18.6 Å². The maximum absolute atomic E-state index is 11.9. The molecule has 1 aromatic rings. The molecule has 1 aliphatic heterocycles. The van der Waals surface area contributed by atoms with Gasteiger partial charge in [-0.25, -0.2) is 0 Å². The first-order valence-corrected chi connectivity index (χ1v) is 7.35. The summed E-state index contributed by atoms with van der Waals surface area (Å²) < 4.78 is 5.36. The van der Waals surface area contributed by atoms with Crippen molar-refractivity contribution in [2.45, 2.75) is 31.8 Å². The van der Waals surface area contributed by atoms with Gasteiger partial charge >= 0.3 is 0 Å². The van der Waals surface area contributed by atoms with E-state index in [4.69, 9.17) is 11.2 Å². The van der Waals surface area contributed by atoms with Crippen LogP contribution in [0, 0.1) is 12.3 Å². The van der Waals surface area contributed by atoms with E-state index in [2.05, 4.69) is 16.1 Å². The average Bonchev–Trinajstić information content (AvgIpc) is 2.54. The van der Waals surface area contributed by atoms with Crippen LogP contribution >= 0.6 is 0 Å². The largest absolute Gasteiger partial charge is 0.481 e. The molecule has 0 unspecified atom stereocenters. The number of hydrogen-bond donors (Lipinski definition) is 1. The number of rotatable bonds is 5. The topological polar surface area (TPSA) is 41.6 Å². The van der Waals surface area contributed by atoms with Gasteiger partial charge in [0, 0.05) is 13.6 Å². The van der Waals surface area contributed by atoms with Crippen LogP contribution in [0.4, 0.5) is 0 Å². The van der Waals surface area contributed by atoms with Crippen molar-refractivity contribution in [3.05, 3.63) is 29.8 Å². The van der Waals surface area contributed by atoms with Gasteiger partial charge in [-0.05, 0) is 37.1 Å². The van der Waals surface area contributed by atoms with Gasteiger partial charge in [-0.2, -0.15) is 0 Å². The van der Waals surface area contributed by atoms with Gasteiger partial charge in [-0.15, -0.1) is 6.42 Å². The highest BCUT2D eigenvalue weighted by atomic mass is 16.5. The first-order chi connectivity index (χ1) is 10.2. The third-order valence-corrected chi connectivity index (χ3v) is 3.79. The number of hydrogen-bond acceptors (Lipinski definition) is 3. The van der Waals surface area contributed by atoms with Gasteiger partial charge in [0.15, 0.2) is 0 Å². The molecule has 112 valence electrons. The molecule has 0 aliphatic carbocycles. The molecule has 0 radical (unpaired) electrons. The van der Waals surface area contributed by atoms with Crippen molar-refractivity contribution in [2.24, 2.45) is 0 Å². The van der Waals surface area contributed by atoms with Crippen LogP contribution in [0.2, 0.25) is 0 Å². The van der Waals surface area contributed by atoms with Gasteiger partial charge in [0.1, 0.15) is 12.4 Å². The SMILES string of the molecule is C#CCOc1ccc(CN2CCCC[C@@H]2C(=O)NC)cc1. The second-order valence-corrected chi connectivity index (χ2v) is 5.23. The van der Waals surface area contributed by atoms with Crippen molar-refractivity contribution in [3.8, 4) is 18.1 Å². The Labute approximate surface area is 126 Å². The van der Waals surface area contributed by atoms with E-state index in [1.165, 1.54) is 5.56 Å². The third-order valence-electron chi connectivity index (χ3n) is 3.79. The Morgan fingerprint density at radius 2 is 2.19 bits per heavy atom. The van der Waals surface area contributed by atoms with Crippen LogP contribution in [-0.4, -0.2) is 37.0 Å². The number of likely N-dealkylation sites (N-methyl/N-ethyl adjacent to an activating group) is 1. The number of nitrogens with zero attached hydrogens (tertiary/aromatic N) is 1. The summed E-state index contributed by atoms with van der Waals surface area (Å²) in [5.41, 5.74) is 1.18. The van der Waals surface area contributed by atoms with Crippen molar-refractivity contribution < 1.29 is 9.53 Å². The Kier molecular flexibility index (Phi) is 5.65. The fourth-order valence-electron chi connectivity index (χ4n) is 2.69. The maximum atomic E-state index is 11.9. The van der Waals surface area contributed by atoms with E-state index in [1.54, 1.807) is 7.05 Å². The van der Waals surface area contributed by atoms with Crippen LogP contribution in [0.3, 0.4) is 0 Å². The van der Waals surface area contributed by atoms with Gasteiger partial charge < -0.3 is 10.1 Å². The number of terminal acetylenes is 1. The maximum Gasteiger partial charge on any atom is 0.237 e. The molecule has 4 nitrogen and oxygen atoms in total. The highest BCUT2D eigenvalue weighted by Crippen LogP contribution is 2.21. The number of piperidine rings is 1. The van der Waals surface area contributed by atoms with Crippen molar-refractivity contribution in [2.75, 3.05) is 20.2 Å². The number of nitrogens with one attached hydrogen (secondary N) is 1. The minimum Gasteiger partial charge on any atom is -0.481 e. The zero-order valence-electron chi connectivity index (χ0n) is 12.5. The quantitative estimate of drug-likeness (QED) is 0.839. The fourth-order valence-corrected chi connectivity index (χ4v) is 2.69. The molecule has 0 spiro atoms. The van der Waals surface area contributed by atoms with Gasteiger partial charge in [-0.3, -0.25) is 9.69 Å². The van der Waals surface area contributed by atoms with E-state index in [0.717, 1.165) is 38.1 Å². The predicted octanol–water partition coefficient (Wildman–Crippen LogP) is 1.80. The molecular weight excluding hydrogens is 264 g/mol. The Morgan fingerprint density at radius 1 is 1.43 bits per heavy atom. The molecule has 1 aromatic carbocycles. The molecule has 1 atom stereocenters. The molecule has 1 fully saturated rings. The second kappa shape index (κ2) is 7.70. The summed E-state index contributed by atoms with van der Waals surface area (Å²) in [4.78, 5) is 14.2. The number of likely N-dealkylation sites (tertiary alicyclic amines) is 1.